The summed E-state index contributed by atoms with van der Waals surface area (Å²) >= 11 is 0. The molecule has 234 valence electrons. The first-order chi connectivity index (χ1) is 24.0. The zero-order valence-corrected chi connectivity index (χ0v) is 28.2. The molecule has 7 aromatic carbocycles. The van der Waals surface area contributed by atoms with E-state index in [0.29, 0.717) is 0 Å². The maximum absolute atomic E-state index is 2.54. The van der Waals surface area contributed by atoms with Gasteiger partial charge in [-0.15, -0.1) is 0 Å². The highest BCUT2D eigenvalue weighted by molar-refractivity contribution is 6.12. The molecule has 0 saturated heterocycles. The van der Waals surface area contributed by atoms with Gasteiger partial charge in [0.1, 0.15) is 0 Å². The lowest BCUT2D eigenvalue weighted by Crippen LogP contribution is -2.15. The maximum atomic E-state index is 2.54. The third kappa shape index (κ3) is 4.06. The molecule has 2 aliphatic carbocycles. The van der Waals surface area contributed by atoms with Gasteiger partial charge in [-0.1, -0.05) is 142 Å². The second kappa shape index (κ2) is 10.4. The molecule has 0 spiro atoms. The van der Waals surface area contributed by atoms with Crippen molar-refractivity contribution >= 4 is 21.8 Å². The summed E-state index contributed by atoms with van der Waals surface area (Å²) in [5.41, 5.74) is 21.4. The summed E-state index contributed by atoms with van der Waals surface area (Å²) in [5, 5.41) is 2.63. The molecule has 8 aromatic rings. The number of aromatic nitrogens is 1. The predicted octanol–water partition coefficient (Wildman–Crippen LogP) is 12.6. The zero-order chi connectivity index (χ0) is 32.9. The summed E-state index contributed by atoms with van der Waals surface area (Å²) < 4.78 is 2.54. The van der Waals surface area contributed by atoms with Crippen molar-refractivity contribution in [2.75, 3.05) is 0 Å². The molecule has 49 heavy (non-hydrogen) atoms. The lowest BCUT2D eigenvalue weighted by Gasteiger charge is -2.22. The highest BCUT2D eigenvalue weighted by Gasteiger charge is 2.36. The third-order valence-electron chi connectivity index (χ3n) is 11.5. The van der Waals surface area contributed by atoms with Crippen LogP contribution in [0, 0.1) is 0 Å². The van der Waals surface area contributed by atoms with Gasteiger partial charge in [0.05, 0.1) is 16.7 Å². The van der Waals surface area contributed by atoms with Gasteiger partial charge >= 0.3 is 0 Å². The normalized spacial score (nSPS) is 13.8. The summed E-state index contributed by atoms with van der Waals surface area (Å²) in [6.07, 6.45) is 1.96. The average molecular weight is 628 g/mol. The van der Waals surface area contributed by atoms with Crippen LogP contribution in [0.2, 0.25) is 0 Å². The summed E-state index contributed by atoms with van der Waals surface area (Å²) in [6.45, 7) is 6.99. The summed E-state index contributed by atoms with van der Waals surface area (Å²) in [7, 11) is 0. The fourth-order valence-electron chi connectivity index (χ4n) is 8.97. The van der Waals surface area contributed by atoms with Crippen LogP contribution in [0.5, 0.6) is 0 Å². The van der Waals surface area contributed by atoms with Gasteiger partial charge in [-0.2, -0.15) is 0 Å². The van der Waals surface area contributed by atoms with Crippen LogP contribution in [0.4, 0.5) is 0 Å². The number of fused-ring (bicyclic) bond motifs is 9. The zero-order valence-electron chi connectivity index (χ0n) is 28.2. The molecular weight excluding hydrogens is 591 g/mol. The van der Waals surface area contributed by atoms with Crippen LogP contribution in [0.15, 0.2) is 146 Å². The van der Waals surface area contributed by atoms with Crippen LogP contribution in [0.1, 0.15) is 48.6 Å². The minimum Gasteiger partial charge on any atom is -0.309 e. The number of rotatable bonds is 4. The first-order valence-corrected chi connectivity index (χ1v) is 17.6. The van der Waals surface area contributed by atoms with E-state index in [1.54, 1.807) is 0 Å². The molecule has 0 amide bonds. The van der Waals surface area contributed by atoms with Crippen molar-refractivity contribution in [3.05, 3.63) is 173 Å². The van der Waals surface area contributed by atoms with E-state index in [-0.39, 0.29) is 5.41 Å². The first kappa shape index (κ1) is 28.4. The molecule has 1 aromatic heterocycles. The Kier molecular flexibility index (Phi) is 6.03. The van der Waals surface area contributed by atoms with E-state index in [1.807, 2.05) is 0 Å². The standard InChI is InChI=1S/C48H37N/c1-4-30-12-5-6-13-35(30)32-22-20-31(21-23-32)33-24-25-36-34(26-33)27-41-37(36)16-11-19-46(41)49-45-18-10-8-15-39(45)42-28-40-38-14-7-9-17-43(38)48(2,3)44(40)29-47(42)49/h5-26,28-29H,4,27H2,1-3H3. The van der Waals surface area contributed by atoms with Gasteiger partial charge < -0.3 is 4.57 Å². The molecule has 0 bridgehead atoms. The van der Waals surface area contributed by atoms with Gasteiger partial charge in [-0.25, -0.2) is 0 Å². The fraction of sp³-hybridized carbons (Fsp3) is 0.125. The molecule has 1 nitrogen and oxygen atoms in total. The SMILES string of the molecule is CCc1ccccc1-c1ccc(-c2ccc3c(c2)Cc2c-3cccc2-n2c3ccccc3c3cc4c(cc32)C(C)(C)c2ccccc2-4)cc1. The molecule has 0 saturated carbocycles. The van der Waals surface area contributed by atoms with Crippen LogP contribution < -0.4 is 0 Å². The molecule has 0 radical (unpaired) electrons. The van der Waals surface area contributed by atoms with Gasteiger partial charge in [0.2, 0.25) is 0 Å². The van der Waals surface area contributed by atoms with Gasteiger partial charge in [0, 0.05) is 22.6 Å². The largest absolute Gasteiger partial charge is 0.309 e. The minimum absolute atomic E-state index is 0.0513. The van der Waals surface area contributed by atoms with E-state index in [0.717, 1.165) is 12.8 Å². The number of aryl methyl sites for hydroxylation is 1. The van der Waals surface area contributed by atoms with Gasteiger partial charge in [0.25, 0.3) is 0 Å². The topological polar surface area (TPSA) is 4.93 Å². The van der Waals surface area contributed by atoms with Crippen molar-refractivity contribution in [2.45, 2.75) is 39.0 Å². The Labute approximate surface area is 288 Å². The molecule has 0 atom stereocenters. The number of hydrogen-bond acceptors (Lipinski definition) is 0. The molecule has 0 N–H and O–H groups in total. The number of benzene rings is 7. The van der Waals surface area contributed by atoms with E-state index in [2.05, 4.69) is 171 Å². The second-order valence-corrected chi connectivity index (χ2v) is 14.4. The van der Waals surface area contributed by atoms with E-state index in [4.69, 9.17) is 0 Å². The monoisotopic (exact) mass is 627 g/mol. The smallest absolute Gasteiger partial charge is 0.0544 e. The average Bonchev–Trinajstić information content (AvgIpc) is 3.76. The van der Waals surface area contributed by atoms with Crippen molar-refractivity contribution in [3.8, 4) is 50.2 Å². The second-order valence-electron chi connectivity index (χ2n) is 14.4. The molecule has 10 rings (SSSR count). The number of para-hydroxylation sites is 1. The van der Waals surface area contributed by atoms with E-state index >= 15 is 0 Å². The van der Waals surface area contributed by atoms with Crippen LogP contribution in [0.25, 0.3) is 72.0 Å². The fourth-order valence-corrected chi connectivity index (χ4v) is 8.97. The minimum atomic E-state index is -0.0513. The molecule has 1 heteroatoms. The van der Waals surface area contributed by atoms with Crippen LogP contribution in [-0.4, -0.2) is 4.57 Å². The Hall–Kier alpha value is -5.66. The molecule has 2 aliphatic rings. The Balaban J connectivity index is 1.08. The van der Waals surface area contributed by atoms with E-state index < -0.39 is 0 Å². The summed E-state index contributed by atoms with van der Waals surface area (Å²) in [4.78, 5) is 0. The number of nitrogens with zero attached hydrogens (tertiary/aromatic N) is 1. The van der Waals surface area contributed by atoms with Crippen LogP contribution in [-0.2, 0) is 18.3 Å². The molecular formula is C48H37N. The van der Waals surface area contributed by atoms with Gasteiger partial charge in [-0.3, -0.25) is 0 Å². The molecule has 0 unspecified atom stereocenters. The van der Waals surface area contributed by atoms with Crippen LogP contribution >= 0.6 is 0 Å². The lowest BCUT2D eigenvalue weighted by molar-refractivity contribution is 0.661. The first-order valence-electron chi connectivity index (χ1n) is 17.6. The molecule has 0 fully saturated rings. The van der Waals surface area contributed by atoms with Crippen molar-refractivity contribution < 1.29 is 0 Å². The van der Waals surface area contributed by atoms with Gasteiger partial charge in [0.15, 0.2) is 0 Å². The third-order valence-corrected chi connectivity index (χ3v) is 11.5. The Morgan fingerprint density at radius 3 is 2.08 bits per heavy atom. The van der Waals surface area contributed by atoms with Gasteiger partial charge in [-0.05, 0) is 103 Å². The Bertz CT molecular complexity index is 2630. The van der Waals surface area contributed by atoms with Crippen molar-refractivity contribution in [1.82, 2.24) is 4.57 Å². The lowest BCUT2D eigenvalue weighted by atomic mass is 9.82. The Morgan fingerprint density at radius 2 is 1.22 bits per heavy atom. The van der Waals surface area contributed by atoms with Crippen molar-refractivity contribution in [2.24, 2.45) is 0 Å². The quantitative estimate of drug-likeness (QED) is 0.183. The summed E-state index contributed by atoms with van der Waals surface area (Å²) in [6, 6.07) is 54.7. The number of hydrogen-bond donors (Lipinski definition) is 0. The Morgan fingerprint density at radius 1 is 0.510 bits per heavy atom. The predicted molar refractivity (Wildman–Crippen MR) is 207 cm³/mol. The highest BCUT2D eigenvalue weighted by Crippen LogP contribution is 2.51. The van der Waals surface area contributed by atoms with E-state index in [1.165, 1.54) is 99.8 Å². The maximum Gasteiger partial charge on any atom is 0.0544 e. The van der Waals surface area contributed by atoms with E-state index in [9.17, 15) is 0 Å². The van der Waals surface area contributed by atoms with Crippen molar-refractivity contribution in [1.29, 1.82) is 0 Å². The van der Waals surface area contributed by atoms with Crippen LogP contribution in [0.3, 0.4) is 0 Å². The molecule has 1 heterocycles. The summed E-state index contributed by atoms with van der Waals surface area (Å²) in [5.74, 6) is 0. The van der Waals surface area contributed by atoms with Crippen molar-refractivity contribution in [3.63, 3.8) is 0 Å². The highest BCUT2D eigenvalue weighted by atomic mass is 15.0. The molecule has 0 aliphatic heterocycles.